The number of hydrogen-bond acceptors (Lipinski definition) is 4. The number of rotatable bonds is 3. The minimum Gasteiger partial charge on any atom is -0.357 e. The second-order valence-corrected chi connectivity index (χ2v) is 5.06. The molecule has 1 aliphatic heterocycles. The van der Waals surface area contributed by atoms with Gasteiger partial charge in [-0.1, -0.05) is 0 Å². The Morgan fingerprint density at radius 2 is 2.33 bits per heavy atom. The highest BCUT2D eigenvalue weighted by Gasteiger charge is 2.19. The third-order valence-electron chi connectivity index (χ3n) is 3.46. The number of aryl methyl sites for hydroxylation is 2. The van der Waals surface area contributed by atoms with Gasteiger partial charge in [0.25, 0.3) is 0 Å². The van der Waals surface area contributed by atoms with Crippen LogP contribution in [0.1, 0.15) is 29.7 Å². The van der Waals surface area contributed by atoms with E-state index in [4.69, 9.17) is 0 Å². The van der Waals surface area contributed by atoms with Crippen LogP contribution in [0.4, 0.5) is 5.82 Å². The second-order valence-electron chi connectivity index (χ2n) is 5.06. The van der Waals surface area contributed by atoms with E-state index in [9.17, 15) is 5.26 Å². The van der Waals surface area contributed by atoms with Gasteiger partial charge >= 0.3 is 0 Å². The average Bonchev–Trinajstić information content (AvgIpc) is 2.80. The molecule has 4 nitrogen and oxygen atoms in total. The number of anilines is 1. The SMILES string of the molecule is Cc1cc(C)c(C#N)c(N(C)CC2CCCN2)n1. The molecule has 1 unspecified atom stereocenters. The number of nitriles is 1. The van der Waals surface area contributed by atoms with Crippen LogP contribution in [0, 0.1) is 25.2 Å². The molecule has 2 heterocycles. The second kappa shape index (κ2) is 5.36. The zero-order valence-electron chi connectivity index (χ0n) is 11.3. The predicted molar refractivity (Wildman–Crippen MR) is 72.7 cm³/mol. The maximum absolute atomic E-state index is 9.27. The zero-order chi connectivity index (χ0) is 13.1. The number of hydrogen-bond donors (Lipinski definition) is 1. The van der Waals surface area contributed by atoms with Crippen LogP contribution in [0.25, 0.3) is 0 Å². The van der Waals surface area contributed by atoms with E-state index >= 15 is 0 Å². The van der Waals surface area contributed by atoms with Gasteiger partial charge in [-0.25, -0.2) is 4.98 Å². The zero-order valence-corrected chi connectivity index (χ0v) is 11.3. The summed E-state index contributed by atoms with van der Waals surface area (Å²) in [6.45, 7) is 5.95. The summed E-state index contributed by atoms with van der Waals surface area (Å²) in [6, 6.07) is 4.75. The molecule has 0 spiro atoms. The summed E-state index contributed by atoms with van der Waals surface area (Å²) in [7, 11) is 2.02. The van der Waals surface area contributed by atoms with E-state index < -0.39 is 0 Å². The van der Waals surface area contributed by atoms with Crippen molar-refractivity contribution >= 4 is 5.82 Å². The van der Waals surface area contributed by atoms with Gasteiger partial charge in [-0.05, 0) is 44.9 Å². The predicted octanol–water partition coefficient (Wildman–Crippen LogP) is 1.76. The van der Waals surface area contributed by atoms with E-state index in [1.807, 2.05) is 27.0 Å². The lowest BCUT2D eigenvalue weighted by atomic mass is 10.1. The maximum Gasteiger partial charge on any atom is 0.146 e. The molecule has 1 aromatic rings. The molecule has 0 amide bonds. The van der Waals surface area contributed by atoms with Crippen molar-refractivity contribution in [2.75, 3.05) is 25.0 Å². The lowest BCUT2D eigenvalue weighted by molar-refractivity contribution is 0.597. The summed E-state index contributed by atoms with van der Waals surface area (Å²) in [4.78, 5) is 6.62. The Bertz CT molecular complexity index is 469. The molecule has 2 rings (SSSR count). The summed E-state index contributed by atoms with van der Waals surface area (Å²) >= 11 is 0. The van der Waals surface area contributed by atoms with Crippen LogP contribution in [0.15, 0.2) is 6.07 Å². The van der Waals surface area contributed by atoms with Crippen LogP contribution in [0.3, 0.4) is 0 Å². The number of nitrogens with one attached hydrogen (secondary N) is 1. The topological polar surface area (TPSA) is 52.0 Å². The largest absolute Gasteiger partial charge is 0.357 e. The standard InChI is InChI=1S/C14H20N4/c1-10-7-11(2)17-14(13(10)8-15)18(3)9-12-5-4-6-16-12/h7,12,16H,4-6,9H2,1-3H3. The van der Waals surface area contributed by atoms with Gasteiger partial charge in [0, 0.05) is 25.3 Å². The average molecular weight is 244 g/mol. The van der Waals surface area contributed by atoms with E-state index in [-0.39, 0.29) is 0 Å². The molecule has 1 fully saturated rings. The van der Waals surface area contributed by atoms with Crippen LogP contribution in [0.5, 0.6) is 0 Å². The molecule has 0 bridgehead atoms. The first-order chi connectivity index (χ1) is 8.61. The van der Waals surface area contributed by atoms with Gasteiger partial charge in [-0.15, -0.1) is 0 Å². The lowest BCUT2D eigenvalue weighted by Gasteiger charge is -2.24. The smallest absolute Gasteiger partial charge is 0.146 e. The summed E-state index contributed by atoms with van der Waals surface area (Å²) < 4.78 is 0. The molecule has 96 valence electrons. The number of pyridine rings is 1. The molecular weight excluding hydrogens is 224 g/mol. The molecule has 1 atom stereocenters. The van der Waals surface area contributed by atoms with E-state index in [0.717, 1.165) is 30.2 Å². The number of nitrogens with zero attached hydrogens (tertiary/aromatic N) is 3. The van der Waals surface area contributed by atoms with Gasteiger partial charge < -0.3 is 10.2 Å². The Labute approximate surface area is 109 Å². The fraction of sp³-hybridized carbons (Fsp3) is 0.571. The first kappa shape index (κ1) is 12.8. The normalized spacial score (nSPS) is 18.7. The van der Waals surface area contributed by atoms with Crippen molar-refractivity contribution in [3.05, 3.63) is 22.9 Å². The van der Waals surface area contributed by atoms with Gasteiger partial charge in [-0.3, -0.25) is 0 Å². The Morgan fingerprint density at radius 3 is 2.94 bits per heavy atom. The molecule has 1 aromatic heterocycles. The minimum atomic E-state index is 0.518. The molecule has 1 aliphatic rings. The molecule has 18 heavy (non-hydrogen) atoms. The molecule has 4 heteroatoms. The van der Waals surface area contributed by atoms with E-state index in [2.05, 4.69) is 21.3 Å². The third-order valence-corrected chi connectivity index (χ3v) is 3.46. The summed E-state index contributed by atoms with van der Waals surface area (Å²) in [5.41, 5.74) is 2.67. The Morgan fingerprint density at radius 1 is 1.56 bits per heavy atom. The maximum atomic E-state index is 9.27. The molecule has 0 radical (unpaired) electrons. The van der Waals surface area contributed by atoms with Gasteiger partial charge in [0.05, 0.1) is 5.56 Å². The number of aromatic nitrogens is 1. The van der Waals surface area contributed by atoms with Crippen molar-refractivity contribution in [2.45, 2.75) is 32.7 Å². The van der Waals surface area contributed by atoms with E-state index in [0.29, 0.717) is 11.6 Å². The molecule has 1 N–H and O–H groups in total. The Hall–Kier alpha value is -1.60. The van der Waals surface area contributed by atoms with Crippen LogP contribution < -0.4 is 10.2 Å². The van der Waals surface area contributed by atoms with Crippen LogP contribution >= 0.6 is 0 Å². The first-order valence-corrected chi connectivity index (χ1v) is 6.44. The molecule has 1 saturated heterocycles. The molecule has 0 aliphatic carbocycles. The lowest BCUT2D eigenvalue weighted by Crippen LogP contribution is -2.36. The minimum absolute atomic E-state index is 0.518. The highest BCUT2D eigenvalue weighted by molar-refractivity contribution is 5.57. The fourth-order valence-electron chi connectivity index (χ4n) is 2.56. The van der Waals surface area contributed by atoms with Crippen molar-refractivity contribution in [3.63, 3.8) is 0 Å². The fourth-order valence-corrected chi connectivity index (χ4v) is 2.56. The van der Waals surface area contributed by atoms with E-state index in [1.165, 1.54) is 12.8 Å². The van der Waals surface area contributed by atoms with Gasteiger partial charge in [0.1, 0.15) is 11.9 Å². The quantitative estimate of drug-likeness (QED) is 0.880. The molecular formula is C14H20N4. The van der Waals surface area contributed by atoms with Crippen molar-refractivity contribution in [1.29, 1.82) is 5.26 Å². The molecule has 0 aromatic carbocycles. The summed E-state index contributed by atoms with van der Waals surface area (Å²) in [5.74, 6) is 0.809. The van der Waals surface area contributed by atoms with Gasteiger partial charge in [-0.2, -0.15) is 5.26 Å². The van der Waals surface area contributed by atoms with Crippen LogP contribution in [0.2, 0.25) is 0 Å². The van der Waals surface area contributed by atoms with Gasteiger partial charge in [0.15, 0.2) is 0 Å². The molecule has 0 saturated carbocycles. The van der Waals surface area contributed by atoms with Crippen molar-refractivity contribution in [1.82, 2.24) is 10.3 Å². The van der Waals surface area contributed by atoms with E-state index in [1.54, 1.807) is 0 Å². The Kier molecular flexibility index (Phi) is 3.83. The third kappa shape index (κ3) is 2.62. The van der Waals surface area contributed by atoms with Crippen LogP contribution in [-0.4, -0.2) is 31.2 Å². The summed E-state index contributed by atoms with van der Waals surface area (Å²) in [6.07, 6.45) is 2.45. The van der Waals surface area contributed by atoms with Crippen molar-refractivity contribution in [2.24, 2.45) is 0 Å². The van der Waals surface area contributed by atoms with Crippen molar-refractivity contribution < 1.29 is 0 Å². The monoisotopic (exact) mass is 244 g/mol. The van der Waals surface area contributed by atoms with Crippen LogP contribution in [-0.2, 0) is 0 Å². The van der Waals surface area contributed by atoms with Gasteiger partial charge in [0.2, 0.25) is 0 Å². The highest BCUT2D eigenvalue weighted by Crippen LogP contribution is 2.21. The summed E-state index contributed by atoms with van der Waals surface area (Å²) in [5, 5.41) is 12.7. The first-order valence-electron chi connectivity index (χ1n) is 6.44. The number of likely N-dealkylation sites (N-methyl/N-ethyl adjacent to an activating group) is 1. The highest BCUT2D eigenvalue weighted by atomic mass is 15.2. The Balaban J connectivity index is 2.23. The van der Waals surface area contributed by atoms with Crippen molar-refractivity contribution in [3.8, 4) is 6.07 Å².